The van der Waals surface area contributed by atoms with E-state index in [9.17, 15) is 0 Å². The van der Waals surface area contributed by atoms with E-state index in [4.69, 9.17) is 0 Å². The molecule has 0 heteroatoms. The van der Waals surface area contributed by atoms with Gasteiger partial charge < -0.3 is 0 Å². The van der Waals surface area contributed by atoms with Crippen LogP contribution in [0.3, 0.4) is 0 Å². The monoisotopic (exact) mass is 168 g/mol. The van der Waals surface area contributed by atoms with Gasteiger partial charge in [-0.25, -0.2) is 0 Å². The van der Waals surface area contributed by atoms with Gasteiger partial charge in [0.15, 0.2) is 0 Å². The summed E-state index contributed by atoms with van der Waals surface area (Å²) >= 11 is 0. The minimum absolute atomic E-state index is 0.924. The molecule has 1 saturated carbocycles. The quantitative estimate of drug-likeness (QED) is 0.513. The van der Waals surface area contributed by atoms with Crippen LogP contribution in [0.15, 0.2) is 13.2 Å². The molecule has 0 saturated heterocycles. The molecular formula is C12H24. The summed E-state index contributed by atoms with van der Waals surface area (Å²) in [7, 11) is 0. The third-order valence-corrected chi connectivity index (χ3v) is 3.00. The lowest BCUT2D eigenvalue weighted by molar-refractivity contribution is 0.234. The summed E-state index contributed by atoms with van der Waals surface area (Å²) in [6.45, 7) is 13.1. The summed E-state index contributed by atoms with van der Waals surface area (Å²) in [5.41, 5.74) is 0. The molecular weight excluding hydrogens is 144 g/mol. The van der Waals surface area contributed by atoms with Crippen LogP contribution in [0.2, 0.25) is 0 Å². The molecule has 0 aliphatic heterocycles. The first kappa shape index (κ1) is 11.7. The summed E-state index contributed by atoms with van der Waals surface area (Å²) in [5.74, 6) is 2.97. The molecule has 72 valence electrons. The lowest BCUT2D eigenvalue weighted by Crippen LogP contribution is -2.16. The average Bonchev–Trinajstić information content (AvgIpc) is 2.09. The van der Waals surface area contributed by atoms with Gasteiger partial charge >= 0.3 is 0 Å². The van der Waals surface area contributed by atoms with Crippen LogP contribution in [0.4, 0.5) is 0 Å². The average molecular weight is 168 g/mol. The Bertz CT molecular complexity index is 96.6. The SMILES string of the molecule is C=C.CC1CCC(C(C)C)CC1. The van der Waals surface area contributed by atoms with Gasteiger partial charge in [-0.1, -0.05) is 33.6 Å². The Hall–Kier alpha value is -0.260. The molecule has 1 fully saturated rings. The minimum Gasteiger partial charge on any atom is -0.106 e. The summed E-state index contributed by atoms with van der Waals surface area (Å²) in [6, 6.07) is 0. The van der Waals surface area contributed by atoms with Crippen molar-refractivity contribution in [3.8, 4) is 0 Å². The van der Waals surface area contributed by atoms with Crippen molar-refractivity contribution in [2.24, 2.45) is 17.8 Å². The summed E-state index contributed by atoms with van der Waals surface area (Å²) in [6.07, 6.45) is 5.92. The molecule has 1 aliphatic carbocycles. The second-order valence-electron chi connectivity index (χ2n) is 4.26. The van der Waals surface area contributed by atoms with Crippen molar-refractivity contribution in [1.82, 2.24) is 0 Å². The highest BCUT2D eigenvalue weighted by molar-refractivity contribution is 4.71. The molecule has 0 N–H and O–H groups in total. The highest BCUT2D eigenvalue weighted by Crippen LogP contribution is 2.32. The van der Waals surface area contributed by atoms with Crippen LogP contribution in [0.5, 0.6) is 0 Å². The van der Waals surface area contributed by atoms with Gasteiger partial charge in [0.2, 0.25) is 0 Å². The van der Waals surface area contributed by atoms with Crippen LogP contribution in [0, 0.1) is 17.8 Å². The molecule has 0 atom stereocenters. The first-order valence-corrected chi connectivity index (χ1v) is 5.20. The summed E-state index contributed by atoms with van der Waals surface area (Å²) < 4.78 is 0. The van der Waals surface area contributed by atoms with Crippen LogP contribution in [-0.4, -0.2) is 0 Å². The molecule has 0 bridgehead atoms. The zero-order valence-electron chi connectivity index (χ0n) is 8.97. The van der Waals surface area contributed by atoms with E-state index in [1.54, 1.807) is 0 Å². The highest BCUT2D eigenvalue weighted by Gasteiger charge is 2.19. The van der Waals surface area contributed by atoms with Crippen LogP contribution < -0.4 is 0 Å². The van der Waals surface area contributed by atoms with Crippen LogP contribution in [0.1, 0.15) is 46.5 Å². The van der Waals surface area contributed by atoms with Crippen molar-refractivity contribution in [3.05, 3.63) is 13.2 Å². The smallest absolute Gasteiger partial charge is 0.0391 e. The van der Waals surface area contributed by atoms with Crippen LogP contribution in [-0.2, 0) is 0 Å². The fourth-order valence-corrected chi connectivity index (χ4v) is 1.95. The molecule has 1 aliphatic rings. The maximum atomic E-state index is 3.00. The van der Waals surface area contributed by atoms with Gasteiger partial charge in [0.1, 0.15) is 0 Å². The Balaban J connectivity index is 0.000000561. The fourth-order valence-electron chi connectivity index (χ4n) is 1.95. The van der Waals surface area contributed by atoms with E-state index in [0.29, 0.717) is 0 Å². The normalized spacial score (nSPS) is 29.3. The lowest BCUT2D eigenvalue weighted by atomic mass is 9.78. The van der Waals surface area contributed by atoms with E-state index >= 15 is 0 Å². The molecule has 0 aromatic carbocycles. The zero-order chi connectivity index (χ0) is 9.56. The predicted octanol–water partition coefficient (Wildman–Crippen LogP) is 4.27. The molecule has 12 heavy (non-hydrogen) atoms. The molecule has 1 rings (SSSR count). The van der Waals surface area contributed by atoms with E-state index in [1.165, 1.54) is 25.7 Å². The van der Waals surface area contributed by atoms with Crippen LogP contribution in [0.25, 0.3) is 0 Å². The Morgan fingerprint density at radius 1 is 1.00 bits per heavy atom. The minimum atomic E-state index is 0.924. The zero-order valence-corrected chi connectivity index (χ0v) is 8.97. The third kappa shape index (κ3) is 3.94. The molecule has 0 amide bonds. The third-order valence-electron chi connectivity index (χ3n) is 3.00. The first-order chi connectivity index (χ1) is 5.70. The van der Waals surface area contributed by atoms with Crippen molar-refractivity contribution in [2.75, 3.05) is 0 Å². The Kier molecular flexibility index (Phi) is 6.14. The first-order valence-electron chi connectivity index (χ1n) is 5.20. The fraction of sp³-hybridized carbons (Fsp3) is 0.833. The molecule has 0 unspecified atom stereocenters. The molecule has 0 heterocycles. The number of hydrogen-bond donors (Lipinski definition) is 0. The van der Waals surface area contributed by atoms with Gasteiger partial charge in [-0.3, -0.25) is 0 Å². The standard InChI is InChI=1S/C10H20.C2H4/c1-8(2)10-6-4-9(3)5-7-10;1-2/h8-10H,4-7H2,1-3H3;1-2H2. The van der Waals surface area contributed by atoms with Crippen molar-refractivity contribution < 1.29 is 0 Å². The number of rotatable bonds is 1. The second-order valence-corrected chi connectivity index (χ2v) is 4.26. The van der Waals surface area contributed by atoms with E-state index < -0.39 is 0 Å². The maximum Gasteiger partial charge on any atom is -0.0391 e. The van der Waals surface area contributed by atoms with E-state index in [1.807, 2.05) is 0 Å². The van der Waals surface area contributed by atoms with Gasteiger partial charge in [0.25, 0.3) is 0 Å². The van der Waals surface area contributed by atoms with Crippen molar-refractivity contribution in [2.45, 2.75) is 46.5 Å². The van der Waals surface area contributed by atoms with Crippen LogP contribution >= 0.6 is 0 Å². The van der Waals surface area contributed by atoms with Crippen molar-refractivity contribution >= 4 is 0 Å². The topological polar surface area (TPSA) is 0 Å². The van der Waals surface area contributed by atoms with Crippen molar-refractivity contribution in [1.29, 1.82) is 0 Å². The summed E-state index contributed by atoms with van der Waals surface area (Å²) in [4.78, 5) is 0. The molecule has 0 aromatic heterocycles. The second kappa shape index (κ2) is 6.28. The van der Waals surface area contributed by atoms with Crippen molar-refractivity contribution in [3.63, 3.8) is 0 Å². The predicted molar refractivity (Wildman–Crippen MR) is 57.2 cm³/mol. The number of hydrogen-bond acceptors (Lipinski definition) is 0. The van der Waals surface area contributed by atoms with Gasteiger partial charge in [-0.05, 0) is 30.6 Å². The van der Waals surface area contributed by atoms with E-state index in [-0.39, 0.29) is 0 Å². The lowest BCUT2D eigenvalue weighted by Gasteiger charge is -2.28. The highest BCUT2D eigenvalue weighted by atomic mass is 14.3. The molecule has 0 nitrogen and oxygen atoms in total. The Morgan fingerprint density at radius 2 is 1.42 bits per heavy atom. The molecule has 0 aromatic rings. The van der Waals surface area contributed by atoms with Gasteiger partial charge in [-0.2, -0.15) is 0 Å². The van der Waals surface area contributed by atoms with E-state index in [0.717, 1.165) is 17.8 Å². The van der Waals surface area contributed by atoms with Gasteiger partial charge in [0, 0.05) is 0 Å². The molecule has 0 radical (unpaired) electrons. The Labute approximate surface area is 78.1 Å². The van der Waals surface area contributed by atoms with E-state index in [2.05, 4.69) is 33.9 Å². The summed E-state index contributed by atoms with van der Waals surface area (Å²) in [5, 5.41) is 0. The largest absolute Gasteiger partial charge is 0.106 e. The molecule has 0 spiro atoms. The maximum absolute atomic E-state index is 3.00. The van der Waals surface area contributed by atoms with Gasteiger partial charge in [0.05, 0.1) is 0 Å². The van der Waals surface area contributed by atoms with Gasteiger partial charge in [-0.15, -0.1) is 13.2 Å². The Morgan fingerprint density at radius 3 is 1.75 bits per heavy atom.